The molecule has 3 heteroatoms. The van der Waals surface area contributed by atoms with Crippen molar-refractivity contribution in [1.29, 1.82) is 0 Å². The highest BCUT2D eigenvalue weighted by molar-refractivity contribution is 5.13. The zero-order chi connectivity index (χ0) is 14.9. The lowest BCUT2D eigenvalue weighted by molar-refractivity contribution is -0.258. The number of hydrogen-bond donors (Lipinski definition) is 0. The fourth-order valence-corrected chi connectivity index (χ4v) is 3.81. The maximum atomic E-state index is 5.92. The van der Waals surface area contributed by atoms with Gasteiger partial charge in [-0.05, 0) is 30.2 Å². The molecule has 1 saturated carbocycles. The molecule has 2 aliphatic rings. The molecule has 21 heavy (non-hydrogen) atoms. The first-order valence-electron chi connectivity index (χ1n) is 7.92. The first kappa shape index (κ1) is 15.0. The van der Waals surface area contributed by atoms with E-state index >= 15 is 0 Å². The Morgan fingerprint density at radius 3 is 2.38 bits per heavy atom. The van der Waals surface area contributed by atoms with Gasteiger partial charge in [-0.1, -0.05) is 44.2 Å². The van der Waals surface area contributed by atoms with Gasteiger partial charge in [0.15, 0.2) is 5.79 Å². The van der Waals surface area contributed by atoms with Crippen molar-refractivity contribution in [2.45, 2.75) is 39.6 Å². The van der Waals surface area contributed by atoms with E-state index in [1.54, 1.807) is 0 Å². The van der Waals surface area contributed by atoms with Gasteiger partial charge in [0.25, 0.3) is 0 Å². The largest absolute Gasteiger partial charge is 0.376 e. The van der Waals surface area contributed by atoms with Crippen LogP contribution in [0.15, 0.2) is 30.3 Å². The Hall–Kier alpha value is -0.900. The minimum absolute atomic E-state index is 0.204. The van der Waals surface area contributed by atoms with E-state index in [-0.39, 0.29) is 11.2 Å². The van der Waals surface area contributed by atoms with Crippen LogP contribution >= 0.6 is 0 Å². The van der Waals surface area contributed by atoms with Gasteiger partial charge in [-0.15, -0.1) is 0 Å². The summed E-state index contributed by atoms with van der Waals surface area (Å²) < 4.78 is 17.6. The molecular formula is C18H26O3. The number of ether oxygens (including phenoxy) is 3. The van der Waals surface area contributed by atoms with Gasteiger partial charge in [0, 0.05) is 5.92 Å². The normalized spacial score (nSPS) is 30.0. The maximum Gasteiger partial charge on any atom is 0.169 e. The fourth-order valence-electron chi connectivity index (χ4n) is 3.81. The summed E-state index contributed by atoms with van der Waals surface area (Å²) in [5.74, 6) is 0.646. The maximum absolute atomic E-state index is 5.92. The van der Waals surface area contributed by atoms with Gasteiger partial charge in [0.05, 0.1) is 26.4 Å². The second kappa shape index (κ2) is 5.71. The van der Waals surface area contributed by atoms with E-state index in [1.165, 1.54) is 5.56 Å². The van der Waals surface area contributed by atoms with E-state index in [0.717, 1.165) is 26.2 Å². The van der Waals surface area contributed by atoms with Gasteiger partial charge >= 0.3 is 0 Å². The van der Waals surface area contributed by atoms with E-state index in [0.29, 0.717) is 18.4 Å². The van der Waals surface area contributed by atoms with Crippen LogP contribution in [0.25, 0.3) is 0 Å². The zero-order valence-electron chi connectivity index (χ0n) is 13.3. The van der Waals surface area contributed by atoms with Gasteiger partial charge in [-0.3, -0.25) is 0 Å². The Morgan fingerprint density at radius 1 is 1.10 bits per heavy atom. The second-order valence-corrected chi connectivity index (χ2v) is 7.02. The van der Waals surface area contributed by atoms with Crippen molar-refractivity contribution in [3.05, 3.63) is 35.9 Å². The van der Waals surface area contributed by atoms with Gasteiger partial charge < -0.3 is 14.2 Å². The second-order valence-electron chi connectivity index (χ2n) is 7.02. The van der Waals surface area contributed by atoms with Crippen LogP contribution in [-0.2, 0) is 20.8 Å². The molecule has 2 fully saturated rings. The Kier molecular flexibility index (Phi) is 4.08. The predicted octanol–water partition coefficient (Wildman–Crippen LogP) is 3.63. The van der Waals surface area contributed by atoms with Crippen LogP contribution < -0.4 is 0 Å². The highest BCUT2D eigenvalue weighted by Crippen LogP contribution is 2.57. The lowest BCUT2D eigenvalue weighted by Crippen LogP contribution is -2.57. The van der Waals surface area contributed by atoms with Crippen molar-refractivity contribution in [3.63, 3.8) is 0 Å². The minimum Gasteiger partial charge on any atom is -0.376 e. The third kappa shape index (κ3) is 2.87. The van der Waals surface area contributed by atoms with Crippen LogP contribution in [0.4, 0.5) is 0 Å². The van der Waals surface area contributed by atoms with E-state index in [9.17, 15) is 0 Å². The lowest BCUT2D eigenvalue weighted by atomic mass is 9.52. The summed E-state index contributed by atoms with van der Waals surface area (Å²) >= 11 is 0. The highest BCUT2D eigenvalue weighted by Gasteiger charge is 2.58. The average Bonchev–Trinajstić information content (AvgIpc) is 2.90. The quantitative estimate of drug-likeness (QED) is 0.829. The van der Waals surface area contributed by atoms with Gasteiger partial charge in [0.2, 0.25) is 0 Å². The van der Waals surface area contributed by atoms with Crippen LogP contribution in [0.2, 0.25) is 0 Å². The van der Waals surface area contributed by atoms with Crippen molar-refractivity contribution in [2.75, 3.05) is 19.8 Å². The molecule has 0 bridgehead atoms. The third-order valence-electron chi connectivity index (χ3n) is 5.39. The van der Waals surface area contributed by atoms with Crippen LogP contribution in [0.3, 0.4) is 0 Å². The molecule has 1 aliphatic heterocycles. The molecule has 3 rings (SSSR count). The van der Waals surface area contributed by atoms with Crippen LogP contribution in [0.1, 0.15) is 32.8 Å². The van der Waals surface area contributed by atoms with Crippen molar-refractivity contribution in [1.82, 2.24) is 0 Å². The number of hydrogen-bond acceptors (Lipinski definition) is 3. The molecule has 1 aromatic carbocycles. The zero-order valence-corrected chi connectivity index (χ0v) is 13.3. The molecule has 0 N–H and O–H groups in total. The van der Waals surface area contributed by atoms with Gasteiger partial charge in [0.1, 0.15) is 0 Å². The molecule has 0 spiro atoms. The molecule has 3 nitrogen and oxygen atoms in total. The molecule has 1 saturated heterocycles. The van der Waals surface area contributed by atoms with Crippen LogP contribution in [-0.4, -0.2) is 25.6 Å². The first-order valence-corrected chi connectivity index (χ1v) is 7.92. The van der Waals surface area contributed by atoms with Gasteiger partial charge in [-0.25, -0.2) is 0 Å². The summed E-state index contributed by atoms with van der Waals surface area (Å²) in [6.45, 7) is 9.67. The molecule has 1 aliphatic carbocycles. The van der Waals surface area contributed by atoms with Crippen LogP contribution in [0, 0.1) is 17.3 Å². The Bertz CT molecular complexity index is 463. The predicted molar refractivity (Wildman–Crippen MR) is 81.8 cm³/mol. The monoisotopic (exact) mass is 290 g/mol. The Labute approximate surface area is 127 Å². The van der Waals surface area contributed by atoms with Crippen molar-refractivity contribution < 1.29 is 14.2 Å². The smallest absolute Gasteiger partial charge is 0.169 e. The molecule has 0 aromatic heterocycles. The first-order chi connectivity index (χ1) is 10.0. The van der Waals surface area contributed by atoms with E-state index in [1.807, 2.05) is 6.07 Å². The van der Waals surface area contributed by atoms with Gasteiger partial charge in [-0.2, -0.15) is 0 Å². The lowest BCUT2D eigenvalue weighted by Gasteiger charge is -2.56. The summed E-state index contributed by atoms with van der Waals surface area (Å²) in [4.78, 5) is 0. The number of rotatable bonds is 5. The highest BCUT2D eigenvalue weighted by atomic mass is 16.7. The summed E-state index contributed by atoms with van der Waals surface area (Å²) in [6.07, 6.45) is 1.12. The SMILES string of the molecule is CC1([C@@H]2C[C@H](COCc3ccccc3)C2(C)C)OCCO1. The van der Waals surface area contributed by atoms with Crippen molar-refractivity contribution >= 4 is 0 Å². The summed E-state index contributed by atoms with van der Waals surface area (Å²) in [7, 11) is 0. The summed E-state index contributed by atoms with van der Waals surface area (Å²) in [5.41, 5.74) is 1.44. The molecule has 0 amide bonds. The van der Waals surface area contributed by atoms with E-state index < -0.39 is 0 Å². The third-order valence-corrected chi connectivity index (χ3v) is 5.39. The molecule has 116 valence electrons. The summed E-state index contributed by atoms with van der Waals surface area (Å²) in [6, 6.07) is 10.4. The topological polar surface area (TPSA) is 27.7 Å². The molecule has 0 radical (unpaired) electrons. The summed E-state index contributed by atoms with van der Waals surface area (Å²) in [5, 5.41) is 0. The average molecular weight is 290 g/mol. The standard InChI is InChI=1S/C18H26O3/c1-17(2)15(11-16(17)18(3)20-9-10-21-18)13-19-12-14-7-5-4-6-8-14/h4-8,15-16H,9-13H2,1-3H3/t15-,16-/m1/s1. The van der Waals surface area contributed by atoms with E-state index in [4.69, 9.17) is 14.2 Å². The molecule has 0 unspecified atom stereocenters. The van der Waals surface area contributed by atoms with E-state index in [2.05, 4.69) is 45.0 Å². The molecular weight excluding hydrogens is 264 g/mol. The fraction of sp³-hybridized carbons (Fsp3) is 0.667. The number of benzene rings is 1. The van der Waals surface area contributed by atoms with Crippen molar-refractivity contribution in [3.8, 4) is 0 Å². The molecule has 1 heterocycles. The Balaban J connectivity index is 1.50. The van der Waals surface area contributed by atoms with Crippen molar-refractivity contribution in [2.24, 2.45) is 17.3 Å². The molecule has 2 atom stereocenters. The molecule has 1 aromatic rings. The minimum atomic E-state index is -0.389. The van der Waals surface area contributed by atoms with Crippen LogP contribution in [0.5, 0.6) is 0 Å². The Morgan fingerprint density at radius 2 is 1.76 bits per heavy atom.